The van der Waals surface area contributed by atoms with Crippen LogP contribution in [0, 0.1) is 0 Å². The van der Waals surface area contributed by atoms with Crippen LogP contribution in [0.2, 0.25) is 0 Å². The summed E-state index contributed by atoms with van der Waals surface area (Å²) in [4.78, 5) is 38.5. The Labute approximate surface area is 142 Å². The van der Waals surface area contributed by atoms with Gasteiger partial charge in [0.2, 0.25) is 5.91 Å². The number of hydrogen-bond acceptors (Lipinski definition) is 4. The zero-order valence-corrected chi connectivity index (χ0v) is 14.4. The quantitative estimate of drug-likeness (QED) is 0.783. The number of Topliss-reactive ketones (excluding diaryl/α,β-unsaturated/α-hetero) is 1. The van der Waals surface area contributed by atoms with Gasteiger partial charge >= 0.3 is 5.97 Å². The molecular weight excluding hydrogens is 306 g/mol. The van der Waals surface area contributed by atoms with E-state index in [9.17, 15) is 14.4 Å². The number of esters is 1. The van der Waals surface area contributed by atoms with Crippen LogP contribution in [0.25, 0.3) is 0 Å². The average Bonchev–Trinajstić information content (AvgIpc) is 2.72. The van der Waals surface area contributed by atoms with Gasteiger partial charge in [-0.25, -0.2) is 0 Å². The van der Waals surface area contributed by atoms with Crippen molar-refractivity contribution < 1.29 is 19.1 Å². The molecule has 1 heterocycles. The summed E-state index contributed by atoms with van der Waals surface area (Å²) in [6.07, 6.45) is 1.87. The standard InChI is InChI=1S/C19H23NO4/c1-18(2,3)24-16(22)12-20-15-7-5-4-6-14(15)19(17(20)23)10-8-13(21)9-11-19/h4-7H,8-12H2,1-3H3. The number of benzene rings is 1. The first kappa shape index (κ1) is 16.7. The number of ketones is 1. The summed E-state index contributed by atoms with van der Waals surface area (Å²) in [5.41, 5.74) is 0.453. The number of nitrogens with zero attached hydrogens (tertiary/aromatic N) is 1. The second-order valence-electron chi connectivity index (χ2n) is 7.62. The van der Waals surface area contributed by atoms with Crippen LogP contribution < -0.4 is 4.90 Å². The van der Waals surface area contributed by atoms with Crippen molar-refractivity contribution in [3.8, 4) is 0 Å². The maximum Gasteiger partial charge on any atom is 0.326 e. The van der Waals surface area contributed by atoms with Gasteiger partial charge in [0.1, 0.15) is 17.9 Å². The maximum absolute atomic E-state index is 13.2. The largest absolute Gasteiger partial charge is 0.459 e. The van der Waals surface area contributed by atoms with Crippen LogP contribution in [0.4, 0.5) is 5.69 Å². The van der Waals surface area contributed by atoms with Crippen molar-refractivity contribution in [1.82, 2.24) is 0 Å². The van der Waals surface area contributed by atoms with Gasteiger partial charge in [-0.2, -0.15) is 0 Å². The molecule has 0 atom stereocenters. The summed E-state index contributed by atoms with van der Waals surface area (Å²) in [6.45, 7) is 5.32. The van der Waals surface area contributed by atoms with Crippen LogP contribution in [-0.4, -0.2) is 29.8 Å². The Kier molecular flexibility index (Phi) is 3.98. The number of rotatable bonds is 2. The van der Waals surface area contributed by atoms with Crippen LogP contribution in [-0.2, 0) is 24.5 Å². The lowest BCUT2D eigenvalue weighted by atomic mass is 9.70. The van der Waals surface area contributed by atoms with Gasteiger partial charge in [0, 0.05) is 18.5 Å². The summed E-state index contributed by atoms with van der Waals surface area (Å²) in [6, 6.07) is 7.57. The fraction of sp³-hybridized carbons (Fsp3) is 0.526. The molecule has 1 fully saturated rings. The molecule has 0 bridgehead atoms. The molecule has 0 aromatic heterocycles. The van der Waals surface area contributed by atoms with E-state index in [0.717, 1.165) is 11.3 Å². The number of hydrogen-bond donors (Lipinski definition) is 0. The zero-order valence-electron chi connectivity index (χ0n) is 14.4. The maximum atomic E-state index is 13.2. The number of ether oxygens (including phenoxy) is 1. The topological polar surface area (TPSA) is 63.7 Å². The molecule has 1 aromatic rings. The molecule has 2 aliphatic rings. The lowest BCUT2D eigenvalue weighted by molar-refractivity contribution is -0.153. The molecule has 0 N–H and O–H groups in total. The first-order chi connectivity index (χ1) is 11.2. The smallest absolute Gasteiger partial charge is 0.326 e. The molecule has 0 unspecified atom stereocenters. The fourth-order valence-electron chi connectivity index (χ4n) is 3.70. The Balaban J connectivity index is 1.91. The summed E-state index contributed by atoms with van der Waals surface area (Å²) in [5, 5.41) is 0. The third-order valence-corrected chi connectivity index (χ3v) is 4.73. The Morgan fingerprint density at radius 2 is 1.79 bits per heavy atom. The lowest BCUT2D eigenvalue weighted by Crippen LogP contribution is -2.45. The molecule has 3 rings (SSSR count). The van der Waals surface area contributed by atoms with Crippen molar-refractivity contribution in [1.29, 1.82) is 0 Å². The van der Waals surface area contributed by atoms with Crippen LogP contribution in [0.3, 0.4) is 0 Å². The van der Waals surface area contributed by atoms with Crippen molar-refractivity contribution in [2.75, 3.05) is 11.4 Å². The average molecular weight is 329 g/mol. The highest BCUT2D eigenvalue weighted by Crippen LogP contribution is 2.49. The number of para-hydroxylation sites is 1. The highest BCUT2D eigenvalue weighted by Gasteiger charge is 2.52. The van der Waals surface area contributed by atoms with Crippen molar-refractivity contribution in [2.24, 2.45) is 0 Å². The number of fused-ring (bicyclic) bond motifs is 2. The third kappa shape index (κ3) is 2.83. The van der Waals surface area contributed by atoms with Gasteiger partial charge in [-0.05, 0) is 45.2 Å². The number of amides is 1. The van der Waals surface area contributed by atoms with Gasteiger partial charge in [-0.15, -0.1) is 0 Å². The molecule has 0 saturated heterocycles. The molecule has 1 spiro atoms. The molecule has 1 aliphatic heterocycles. The highest BCUT2D eigenvalue weighted by molar-refractivity contribution is 6.11. The van der Waals surface area contributed by atoms with E-state index in [4.69, 9.17) is 4.74 Å². The Morgan fingerprint density at radius 1 is 1.17 bits per heavy atom. The minimum atomic E-state index is -0.660. The normalized spacial score (nSPS) is 19.5. The molecule has 1 aromatic carbocycles. The van der Waals surface area contributed by atoms with Crippen LogP contribution in [0.15, 0.2) is 24.3 Å². The van der Waals surface area contributed by atoms with Gasteiger partial charge < -0.3 is 9.64 Å². The van der Waals surface area contributed by atoms with Gasteiger partial charge in [-0.1, -0.05) is 18.2 Å². The molecule has 0 radical (unpaired) electrons. The third-order valence-electron chi connectivity index (χ3n) is 4.73. The SMILES string of the molecule is CC(C)(C)OC(=O)CN1C(=O)C2(CCC(=O)CC2)c2ccccc21. The van der Waals surface area contributed by atoms with E-state index < -0.39 is 17.0 Å². The predicted octanol–water partition coefficient (Wildman–Crippen LogP) is 2.76. The van der Waals surface area contributed by atoms with Crippen molar-refractivity contribution >= 4 is 23.3 Å². The van der Waals surface area contributed by atoms with Crippen LogP contribution in [0.5, 0.6) is 0 Å². The highest BCUT2D eigenvalue weighted by atomic mass is 16.6. The molecule has 1 amide bonds. The Morgan fingerprint density at radius 3 is 2.42 bits per heavy atom. The van der Waals surface area contributed by atoms with E-state index in [0.29, 0.717) is 25.7 Å². The Bertz CT molecular complexity index is 692. The molecule has 24 heavy (non-hydrogen) atoms. The monoisotopic (exact) mass is 329 g/mol. The van der Waals surface area contributed by atoms with E-state index >= 15 is 0 Å². The number of anilines is 1. The predicted molar refractivity (Wildman–Crippen MR) is 89.8 cm³/mol. The van der Waals surface area contributed by atoms with E-state index in [-0.39, 0.29) is 18.2 Å². The molecular formula is C19H23NO4. The molecule has 1 aliphatic carbocycles. The minimum absolute atomic E-state index is 0.0814. The second kappa shape index (κ2) is 5.72. The number of carbonyl (C=O) groups excluding carboxylic acids is 3. The van der Waals surface area contributed by atoms with E-state index in [1.54, 1.807) is 20.8 Å². The summed E-state index contributed by atoms with van der Waals surface area (Å²) in [7, 11) is 0. The van der Waals surface area contributed by atoms with E-state index in [1.807, 2.05) is 24.3 Å². The van der Waals surface area contributed by atoms with Crippen molar-refractivity contribution in [3.63, 3.8) is 0 Å². The van der Waals surface area contributed by atoms with Crippen LogP contribution >= 0.6 is 0 Å². The van der Waals surface area contributed by atoms with E-state index in [1.165, 1.54) is 4.90 Å². The zero-order chi connectivity index (χ0) is 17.5. The van der Waals surface area contributed by atoms with Crippen LogP contribution in [0.1, 0.15) is 52.0 Å². The van der Waals surface area contributed by atoms with Gasteiger partial charge in [0.25, 0.3) is 0 Å². The summed E-state index contributed by atoms with van der Waals surface area (Å²) < 4.78 is 5.37. The molecule has 128 valence electrons. The van der Waals surface area contributed by atoms with Gasteiger partial charge in [0.05, 0.1) is 5.41 Å². The van der Waals surface area contributed by atoms with Gasteiger partial charge in [0.15, 0.2) is 0 Å². The minimum Gasteiger partial charge on any atom is -0.459 e. The Hall–Kier alpha value is -2.17. The molecule has 5 heteroatoms. The van der Waals surface area contributed by atoms with Gasteiger partial charge in [-0.3, -0.25) is 14.4 Å². The number of carbonyl (C=O) groups is 3. The molecule has 5 nitrogen and oxygen atoms in total. The summed E-state index contributed by atoms with van der Waals surface area (Å²) >= 11 is 0. The van der Waals surface area contributed by atoms with Crippen molar-refractivity contribution in [2.45, 2.75) is 57.5 Å². The second-order valence-corrected chi connectivity index (χ2v) is 7.62. The first-order valence-electron chi connectivity index (χ1n) is 8.38. The lowest BCUT2D eigenvalue weighted by Gasteiger charge is -2.32. The van der Waals surface area contributed by atoms with Crippen molar-refractivity contribution in [3.05, 3.63) is 29.8 Å². The fourth-order valence-corrected chi connectivity index (χ4v) is 3.70. The van der Waals surface area contributed by atoms with E-state index in [2.05, 4.69) is 0 Å². The molecule has 1 saturated carbocycles. The summed E-state index contributed by atoms with van der Waals surface area (Å²) in [5.74, 6) is -0.298. The first-order valence-corrected chi connectivity index (χ1v) is 8.38.